The van der Waals surface area contributed by atoms with E-state index in [9.17, 15) is 4.79 Å². The third-order valence-corrected chi connectivity index (χ3v) is 3.04. The van der Waals surface area contributed by atoms with Crippen molar-refractivity contribution in [1.29, 1.82) is 0 Å². The van der Waals surface area contributed by atoms with Crippen molar-refractivity contribution in [2.24, 2.45) is 5.41 Å². The predicted molar refractivity (Wildman–Crippen MR) is 42.9 cm³/mol. The van der Waals surface area contributed by atoms with Crippen LogP contribution in [-0.2, 0) is 9.53 Å². The zero-order valence-corrected chi connectivity index (χ0v) is 7.08. The van der Waals surface area contributed by atoms with E-state index in [-0.39, 0.29) is 6.10 Å². The molecular formula is C9H14O3. The second-order valence-corrected chi connectivity index (χ2v) is 3.95. The van der Waals surface area contributed by atoms with Gasteiger partial charge in [0.2, 0.25) is 0 Å². The highest BCUT2D eigenvalue weighted by atomic mass is 16.6. The first-order chi connectivity index (χ1) is 5.73. The Kier molecular flexibility index (Phi) is 1.83. The molecule has 3 heteroatoms. The molecule has 68 valence electrons. The molecule has 1 N–H and O–H groups in total. The van der Waals surface area contributed by atoms with Crippen LogP contribution in [0.25, 0.3) is 0 Å². The lowest BCUT2D eigenvalue weighted by Gasteiger charge is -2.22. The molecule has 0 unspecified atom stereocenters. The standard InChI is InChI=1S/C9H14O3/c10-8(11)9(3-1-2-4-9)5-7-6-12-7/h7H,1-6H2,(H,10,11)/t7-/m1/s1. The van der Waals surface area contributed by atoms with Crippen LogP contribution in [0.15, 0.2) is 0 Å². The molecule has 12 heavy (non-hydrogen) atoms. The van der Waals surface area contributed by atoms with Gasteiger partial charge in [-0.2, -0.15) is 0 Å². The molecule has 1 aliphatic heterocycles. The first-order valence-electron chi connectivity index (χ1n) is 4.58. The Balaban J connectivity index is 2.03. The van der Waals surface area contributed by atoms with Crippen molar-refractivity contribution in [2.45, 2.75) is 38.2 Å². The fourth-order valence-electron chi connectivity index (χ4n) is 2.18. The summed E-state index contributed by atoms with van der Waals surface area (Å²) in [6.07, 6.45) is 4.82. The first-order valence-corrected chi connectivity index (χ1v) is 4.58. The monoisotopic (exact) mass is 170 g/mol. The topological polar surface area (TPSA) is 49.8 Å². The molecule has 0 aromatic heterocycles. The second kappa shape index (κ2) is 2.73. The molecule has 0 amide bonds. The van der Waals surface area contributed by atoms with Gasteiger partial charge in [-0.3, -0.25) is 4.79 Å². The largest absolute Gasteiger partial charge is 0.481 e. The van der Waals surface area contributed by atoms with Gasteiger partial charge in [0.05, 0.1) is 18.1 Å². The summed E-state index contributed by atoms with van der Waals surface area (Å²) >= 11 is 0. The van der Waals surface area contributed by atoms with Crippen LogP contribution in [0.4, 0.5) is 0 Å². The van der Waals surface area contributed by atoms with Gasteiger partial charge in [-0.05, 0) is 19.3 Å². The normalized spacial score (nSPS) is 31.8. The number of rotatable bonds is 3. The Labute approximate surface area is 71.7 Å². The van der Waals surface area contributed by atoms with E-state index in [1.165, 1.54) is 0 Å². The molecular weight excluding hydrogens is 156 g/mol. The minimum Gasteiger partial charge on any atom is -0.481 e. The molecule has 1 heterocycles. The Bertz CT molecular complexity index is 190. The van der Waals surface area contributed by atoms with Crippen molar-refractivity contribution in [3.63, 3.8) is 0 Å². The molecule has 1 saturated heterocycles. The minimum absolute atomic E-state index is 0.249. The summed E-state index contributed by atoms with van der Waals surface area (Å²) in [7, 11) is 0. The number of epoxide rings is 1. The van der Waals surface area contributed by atoms with Crippen LogP contribution in [0.2, 0.25) is 0 Å². The van der Waals surface area contributed by atoms with E-state index < -0.39 is 11.4 Å². The third-order valence-electron chi connectivity index (χ3n) is 3.04. The second-order valence-electron chi connectivity index (χ2n) is 3.95. The highest BCUT2D eigenvalue weighted by Gasteiger charge is 2.45. The first kappa shape index (κ1) is 8.05. The maximum Gasteiger partial charge on any atom is 0.309 e. The molecule has 0 radical (unpaired) electrons. The van der Waals surface area contributed by atoms with Crippen molar-refractivity contribution in [3.05, 3.63) is 0 Å². The molecule has 0 bridgehead atoms. The minimum atomic E-state index is -0.615. The number of carboxylic acids is 1. The number of hydrogen-bond acceptors (Lipinski definition) is 2. The molecule has 1 atom stereocenters. The molecule has 2 fully saturated rings. The van der Waals surface area contributed by atoms with Crippen LogP contribution in [0, 0.1) is 5.41 Å². The summed E-state index contributed by atoms with van der Waals surface area (Å²) in [4.78, 5) is 11.0. The van der Waals surface area contributed by atoms with E-state index in [0.717, 1.165) is 38.7 Å². The number of ether oxygens (including phenoxy) is 1. The van der Waals surface area contributed by atoms with Gasteiger partial charge in [-0.25, -0.2) is 0 Å². The smallest absolute Gasteiger partial charge is 0.309 e. The highest BCUT2D eigenvalue weighted by Crippen LogP contribution is 2.44. The molecule has 0 spiro atoms. The van der Waals surface area contributed by atoms with Gasteiger partial charge in [0.25, 0.3) is 0 Å². The van der Waals surface area contributed by atoms with E-state index in [0.29, 0.717) is 0 Å². The van der Waals surface area contributed by atoms with Crippen molar-refractivity contribution in [1.82, 2.24) is 0 Å². The molecule has 2 rings (SSSR count). The van der Waals surface area contributed by atoms with Crippen molar-refractivity contribution < 1.29 is 14.6 Å². The summed E-state index contributed by atoms with van der Waals surface area (Å²) in [5.74, 6) is -0.615. The zero-order chi connectivity index (χ0) is 8.60. The Hall–Kier alpha value is -0.570. The van der Waals surface area contributed by atoms with E-state index >= 15 is 0 Å². The predicted octanol–water partition coefficient (Wildman–Crippen LogP) is 1.42. The number of aliphatic carboxylic acids is 1. The molecule has 0 aromatic rings. The summed E-state index contributed by atoms with van der Waals surface area (Å²) in [6.45, 7) is 0.773. The Morgan fingerprint density at radius 1 is 1.50 bits per heavy atom. The number of hydrogen-bond donors (Lipinski definition) is 1. The fourth-order valence-corrected chi connectivity index (χ4v) is 2.18. The maximum atomic E-state index is 11.0. The SMILES string of the molecule is O=C(O)C1(C[C@@H]2CO2)CCCC1. The van der Waals surface area contributed by atoms with E-state index in [1.54, 1.807) is 0 Å². The van der Waals surface area contributed by atoms with Gasteiger partial charge < -0.3 is 9.84 Å². The van der Waals surface area contributed by atoms with E-state index in [4.69, 9.17) is 9.84 Å². The molecule has 1 aliphatic carbocycles. The lowest BCUT2D eigenvalue weighted by Crippen LogP contribution is -2.29. The summed E-state index contributed by atoms with van der Waals surface area (Å²) < 4.78 is 5.08. The quantitative estimate of drug-likeness (QED) is 0.652. The average molecular weight is 170 g/mol. The average Bonchev–Trinajstić information content (AvgIpc) is 2.66. The number of carboxylic acid groups (broad SMARTS) is 1. The van der Waals surface area contributed by atoms with Crippen molar-refractivity contribution in [2.75, 3.05) is 6.61 Å². The van der Waals surface area contributed by atoms with Gasteiger partial charge >= 0.3 is 5.97 Å². The summed E-state index contributed by atoms with van der Waals surface area (Å²) in [5.41, 5.74) is -0.429. The highest BCUT2D eigenvalue weighted by molar-refractivity contribution is 5.75. The van der Waals surface area contributed by atoms with Gasteiger partial charge in [0.15, 0.2) is 0 Å². The van der Waals surface area contributed by atoms with Crippen molar-refractivity contribution >= 4 is 5.97 Å². The fraction of sp³-hybridized carbons (Fsp3) is 0.889. The van der Waals surface area contributed by atoms with E-state index in [2.05, 4.69) is 0 Å². The van der Waals surface area contributed by atoms with Crippen LogP contribution >= 0.6 is 0 Å². The van der Waals surface area contributed by atoms with Crippen LogP contribution < -0.4 is 0 Å². The van der Waals surface area contributed by atoms with Crippen molar-refractivity contribution in [3.8, 4) is 0 Å². The summed E-state index contributed by atoms with van der Waals surface area (Å²) in [5, 5.41) is 9.08. The van der Waals surface area contributed by atoms with Gasteiger partial charge in [0, 0.05) is 0 Å². The van der Waals surface area contributed by atoms with Crippen LogP contribution in [-0.4, -0.2) is 23.8 Å². The Morgan fingerprint density at radius 2 is 2.08 bits per heavy atom. The maximum absolute atomic E-state index is 11.0. The number of carbonyl (C=O) groups is 1. The lowest BCUT2D eigenvalue weighted by atomic mass is 9.82. The third kappa shape index (κ3) is 1.33. The molecule has 1 saturated carbocycles. The van der Waals surface area contributed by atoms with Gasteiger partial charge in [-0.1, -0.05) is 12.8 Å². The van der Waals surface area contributed by atoms with E-state index in [1.807, 2.05) is 0 Å². The van der Waals surface area contributed by atoms with Crippen LogP contribution in [0.5, 0.6) is 0 Å². The van der Waals surface area contributed by atoms with Crippen LogP contribution in [0.3, 0.4) is 0 Å². The van der Waals surface area contributed by atoms with Crippen LogP contribution in [0.1, 0.15) is 32.1 Å². The van der Waals surface area contributed by atoms with Gasteiger partial charge in [-0.15, -0.1) is 0 Å². The van der Waals surface area contributed by atoms with Gasteiger partial charge in [0.1, 0.15) is 0 Å². The zero-order valence-electron chi connectivity index (χ0n) is 7.08. The molecule has 2 aliphatic rings. The lowest BCUT2D eigenvalue weighted by molar-refractivity contribution is -0.149. The summed E-state index contributed by atoms with van der Waals surface area (Å²) in [6, 6.07) is 0. The Morgan fingerprint density at radius 3 is 2.50 bits per heavy atom. The molecule has 3 nitrogen and oxygen atoms in total. The molecule has 0 aromatic carbocycles.